The molecule has 0 N–H and O–H groups in total. The molecule has 2 fully saturated rings. The van der Waals surface area contributed by atoms with Crippen molar-refractivity contribution in [3.05, 3.63) is 18.2 Å². The Morgan fingerprint density at radius 1 is 1.21 bits per heavy atom. The Hall–Kier alpha value is -2.53. The van der Waals surface area contributed by atoms with Gasteiger partial charge < -0.3 is 33.5 Å². The fourth-order valence-electron chi connectivity index (χ4n) is 4.44. The van der Waals surface area contributed by atoms with Crippen LogP contribution in [0.2, 0.25) is 0 Å². The van der Waals surface area contributed by atoms with Gasteiger partial charge in [0.1, 0.15) is 11.1 Å². The monoisotopic (exact) mass is 471 g/mol. The number of benzene rings is 1. The lowest BCUT2D eigenvalue weighted by Crippen LogP contribution is -2.53. The molecule has 0 spiro atoms. The number of aliphatic carboxylic acids is 1. The molecule has 1 aromatic carbocycles. The number of piperidine rings is 1. The van der Waals surface area contributed by atoms with Gasteiger partial charge in [-0.25, -0.2) is 0 Å². The molecule has 182 valence electrons. The van der Waals surface area contributed by atoms with Crippen LogP contribution in [0.15, 0.2) is 22.7 Å². The molecule has 0 atom stereocenters. The van der Waals surface area contributed by atoms with E-state index in [0.29, 0.717) is 39.2 Å². The molecule has 33 heavy (non-hydrogen) atoms. The fourth-order valence-corrected chi connectivity index (χ4v) is 4.44. The number of fused-ring (bicyclic) bond motifs is 1. The van der Waals surface area contributed by atoms with E-state index >= 15 is 0 Å². The second-order valence-electron chi connectivity index (χ2n) is 8.73. The molecule has 2 aromatic rings. The smallest absolute Gasteiger partial charge is 0.422 e. The zero-order chi connectivity index (χ0) is 23.5. The summed E-state index contributed by atoms with van der Waals surface area (Å²) in [5.74, 6) is -0.717. The summed E-state index contributed by atoms with van der Waals surface area (Å²) in [5.41, 5.74) is -0.586. The number of ether oxygens (including phenoxy) is 3. The van der Waals surface area contributed by atoms with Gasteiger partial charge in [0.15, 0.2) is 12.2 Å². The highest BCUT2D eigenvalue weighted by atomic mass is 19.4. The Labute approximate surface area is 188 Å². The highest BCUT2D eigenvalue weighted by Crippen LogP contribution is 2.36. The lowest BCUT2D eigenvalue weighted by atomic mass is 9.79. The second kappa shape index (κ2) is 9.76. The number of hydrogen-bond acceptors (Lipinski definition) is 8. The van der Waals surface area contributed by atoms with Crippen molar-refractivity contribution in [3.8, 4) is 11.6 Å². The third-order valence-corrected chi connectivity index (χ3v) is 6.39. The minimum absolute atomic E-state index is 0.0000611. The first kappa shape index (κ1) is 23.6. The van der Waals surface area contributed by atoms with Crippen LogP contribution < -0.4 is 14.6 Å². The van der Waals surface area contributed by atoms with Crippen LogP contribution in [0.5, 0.6) is 11.6 Å². The Balaban J connectivity index is 1.32. The van der Waals surface area contributed by atoms with Crippen molar-refractivity contribution >= 4 is 16.9 Å². The Kier molecular flexibility index (Phi) is 6.99. The lowest BCUT2D eigenvalue weighted by molar-refractivity contribution is -0.323. The van der Waals surface area contributed by atoms with Crippen molar-refractivity contribution in [1.29, 1.82) is 0 Å². The van der Waals surface area contributed by atoms with Crippen molar-refractivity contribution < 1.29 is 41.8 Å². The predicted molar refractivity (Wildman–Crippen MR) is 108 cm³/mol. The van der Waals surface area contributed by atoms with Crippen LogP contribution in [0, 0.1) is 11.3 Å². The number of carbonyl (C=O) groups excluding carboxylic acids is 1. The number of rotatable bonds is 8. The van der Waals surface area contributed by atoms with Crippen LogP contribution in [-0.2, 0) is 9.53 Å². The maximum Gasteiger partial charge on any atom is 0.422 e. The van der Waals surface area contributed by atoms with Gasteiger partial charge in [0.2, 0.25) is 0 Å². The van der Waals surface area contributed by atoms with Crippen LogP contribution in [0.4, 0.5) is 13.2 Å². The Bertz CT molecular complexity index is 949. The first-order valence-electron chi connectivity index (χ1n) is 11.0. The summed E-state index contributed by atoms with van der Waals surface area (Å²) in [4.78, 5) is 13.9. The van der Waals surface area contributed by atoms with Crippen molar-refractivity contribution in [2.45, 2.75) is 31.9 Å². The molecule has 3 heterocycles. The molecule has 2 aliphatic heterocycles. The molecule has 0 unspecified atom stereocenters. The van der Waals surface area contributed by atoms with Crippen LogP contribution >= 0.6 is 0 Å². The van der Waals surface area contributed by atoms with Gasteiger partial charge in [0.25, 0.3) is 5.88 Å². The summed E-state index contributed by atoms with van der Waals surface area (Å²) < 4.78 is 58.9. The molecular weight excluding hydrogens is 445 g/mol. The average molecular weight is 471 g/mol. The van der Waals surface area contributed by atoms with E-state index in [0.717, 1.165) is 25.9 Å². The number of halogens is 3. The normalized spacial score (nSPS) is 20.1. The highest BCUT2D eigenvalue weighted by Gasteiger charge is 2.37. The highest BCUT2D eigenvalue weighted by molar-refractivity contribution is 5.88. The number of carboxylic acids is 1. The Morgan fingerprint density at radius 3 is 2.61 bits per heavy atom. The van der Waals surface area contributed by atoms with Gasteiger partial charge in [-0.3, -0.25) is 0 Å². The van der Waals surface area contributed by atoms with Gasteiger partial charge in [-0.05, 0) is 62.0 Å². The second-order valence-corrected chi connectivity index (χ2v) is 8.73. The van der Waals surface area contributed by atoms with Gasteiger partial charge in [0.05, 0.1) is 6.61 Å². The van der Waals surface area contributed by atoms with Crippen LogP contribution in [0.3, 0.4) is 0 Å². The number of hydrogen-bond donors (Lipinski definition) is 0. The van der Waals surface area contributed by atoms with Crippen LogP contribution in [0.25, 0.3) is 11.0 Å². The van der Waals surface area contributed by atoms with E-state index in [4.69, 9.17) is 18.7 Å². The molecular formula is C22H26F3N2O6-. The van der Waals surface area contributed by atoms with E-state index in [1.807, 2.05) is 0 Å². The van der Waals surface area contributed by atoms with E-state index < -0.39 is 24.2 Å². The first-order valence-corrected chi connectivity index (χ1v) is 11.0. The van der Waals surface area contributed by atoms with Crippen LogP contribution in [-0.4, -0.2) is 68.3 Å². The SMILES string of the molecule is O=C([O-])C1(CN2CCC(COc3noc4cccc(OCC(F)(F)F)c34)CC2)CCOCC1. The largest absolute Gasteiger partial charge is 0.550 e. The van der Waals surface area contributed by atoms with Gasteiger partial charge in [-0.1, -0.05) is 6.07 Å². The summed E-state index contributed by atoms with van der Waals surface area (Å²) in [6.45, 7) is 1.65. The molecule has 11 heteroatoms. The minimum Gasteiger partial charge on any atom is -0.550 e. The fraction of sp³-hybridized carbons (Fsp3) is 0.636. The zero-order valence-electron chi connectivity index (χ0n) is 18.1. The van der Waals surface area contributed by atoms with Crippen LogP contribution in [0.1, 0.15) is 25.7 Å². The minimum atomic E-state index is -4.46. The number of carbonyl (C=O) groups is 1. The molecule has 0 amide bonds. The standard InChI is InChI=1S/C22H27F3N2O6/c23-22(24,25)14-32-16-2-1-3-17-18(16)19(26-33-17)31-12-15-4-8-27(9-5-15)13-21(20(28)29)6-10-30-11-7-21/h1-3,15H,4-14H2,(H,28,29)/p-1. The van der Waals surface area contributed by atoms with E-state index in [9.17, 15) is 23.1 Å². The molecule has 0 aliphatic carbocycles. The number of aromatic nitrogens is 1. The zero-order valence-corrected chi connectivity index (χ0v) is 18.1. The number of likely N-dealkylation sites (tertiary alicyclic amines) is 1. The third kappa shape index (κ3) is 5.70. The number of carboxylic acid groups (broad SMARTS) is 1. The molecule has 0 saturated carbocycles. The topological polar surface area (TPSA) is 97.1 Å². The Morgan fingerprint density at radius 2 is 1.94 bits per heavy atom. The number of alkyl halides is 3. The van der Waals surface area contributed by atoms with E-state index in [2.05, 4.69) is 10.1 Å². The maximum atomic E-state index is 12.6. The molecule has 2 saturated heterocycles. The number of nitrogens with zero attached hydrogens (tertiary/aromatic N) is 2. The summed E-state index contributed by atoms with van der Waals surface area (Å²) in [7, 11) is 0. The molecule has 4 rings (SSSR count). The molecule has 8 nitrogen and oxygen atoms in total. The van der Waals surface area contributed by atoms with Crippen molar-refractivity contribution in [3.63, 3.8) is 0 Å². The quantitative estimate of drug-likeness (QED) is 0.579. The molecule has 2 aliphatic rings. The maximum absolute atomic E-state index is 12.6. The van der Waals surface area contributed by atoms with E-state index in [1.165, 1.54) is 12.1 Å². The average Bonchev–Trinajstić information content (AvgIpc) is 3.21. The van der Waals surface area contributed by atoms with Crippen molar-refractivity contribution in [2.75, 3.05) is 46.1 Å². The predicted octanol–water partition coefficient (Wildman–Crippen LogP) is 2.41. The van der Waals surface area contributed by atoms with E-state index in [1.54, 1.807) is 6.07 Å². The summed E-state index contributed by atoms with van der Waals surface area (Å²) in [6, 6.07) is 4.52. The van der Waals surface area contributed by atoms with Crippen molar-refractivity contribution in [1.82, 2.24) is 10.1 Å². The summed E-state index contributed by atoms with van der Waals surface area (Å²) in [5, 5.41) is 15.9. The summed E-state index contributed by atoms with van der Waals surface area (Å²) >= 11 is 0. The van der Waals surface area contributed by atoms with Gasteiger partial charge in [0, 0.05) is 31.1 Å². The van der Waals surface area contributed by atoms with Gasteiger partial charge in [-0.2, -0.15) is 13.2 Å². The molecule has 0 bridgehead atoms. The van der Waals surface area contributed by atoms with Gasteiger partial charge in [-0.15, -0.1) is 0 Å². The lowest BCUT2D eigenvalue weighted by Gasteiger charge is -2.43. The van der Waals surface area contributed by atoms with E-state index in [-0.39, 0.29) is 28.5 Å². The van der Waals surface area contributed by atoms with Gasteiger partial charge >= 0.3 is 6.18 Å². The first-order chi connectivity index (χ1) is 15.8. The van der Waals surface area contributed by atoms with Crippen molar-refractivity contribution in [2.24, 2.45) is 11.3 Å². The third-order valence-electron chi connectivity index (χ3n) is 6.39. The summed E-state index contributed by atoms with van der Waals surface area (Å²) in [6.07, 6.45) is -1.96. The molecule has 1 aromatic heterocycles. The molecule has 0 radical (unpaired) electrons.